The van der Waals surface area contributed by atoms with Gasteiger partial charge in [-0.1, -0.05) is 31.0 Å². The minimum atomic E-state index is -3.69. The Hall–Kier alpha value is -3.11. The number of hydrogen-bond donors (Lipinski definition) is 2. The molecule has 0 spiro atoms. The van der Waals surface area contributed by atoms with E-state index < -0.39 is 27.9 Å². The monoisotopic (exact) mass is 459 g/mol. The predicted molar refractivity (Wildman–Crippen MR) is 116 cm³/mol. The van der Waals surface area contributed by atoms with Crippen LogP contribution in [0.4, 0.5) is 0 Å². The largest absolute Gasteiger partial charge is 0.485 e. The summed E-state index contributed by atoms with van der Waals surface area (Å²) in [4.78, 5) is 25.0. The van der Waals surface area contributed by atoms with Gasteiger partial charge in [0.05, 0.1) is 4.90 Å². The van der Waals surface area contributed by atoms with Crippen molar-refractivity contribution in [2.75, 3.05) is 19.7 Å². The van der Waals surface area contributed by atoms with Crippen molar-refractivity contribution in [3.63, 3.8) is 0 Å². The molecule has 2 amide bonds. The highest BCUT2D eigenvalue weighted by atomic mass is 32.2. The average Bonchev–Trinajstić information content (AvgIpc) is 3.12. The molecule has 0 saturated carbocycles. The molecule has 0 aromatic heterocycles. The van der Waals surface area contributed by atoms with Gasteiger partial charge in [-0.3, -0.25) is 20.4 Å². The zero-order chi connectivity index (χ0) is 22.6. The molecule has 2 aliphatic rings. The fourth-order valence-corrected chi connectivity index (χ4v) is 5.21. The standard InChI is InChI=1S/C22H25N3O6S/c26-21(23-24-22(27)20-15-30-18-10-3-4-11-19(18)31-20)16-8-7-9-17(14-16)32(28,29)25-12-5-1-2-6-13-25/h3-4,7-11,14,20H,1-2,5-6,12-13,15H2,(H,23,26)(H,24,27). The lowest BCUT2D eigenvalue weighted by Crippen LogP contribution is -2.50. The summed E-state index contributed by atoms with van der Waals surface area (Å²) in [5, 5.41) is 0. The van der Waals surface area contributed by atoms with E-state index in [9.17, 15) is 18.0 Å². The van der Waals surface area contributed by atoms with E-state index in [0.717, 1.165) is 25.7 Å². The maximum absolute atomic E-state index is 13.0. The first-order chi connectivity index (χ1) is 15.4. The Balaban J connectivity index is 1.38. The number of hydrogen-bond acceptors (Lipinski definition) is 6. The Morgan fingerprint density at radius 1 is 0.906 bits per heavy atom. The number of carbonyl (C=O) groups excluding carboxylic acids is 2. The van der Waals surface area contributed by atoms with Crippen LogP contribution in [0.1, 0.15) is 36.0 Å². The number of ether oxygens (including phenoxy) is 2. The number of amides is 2. The zero-order valence-corrected chi connectivity index (χ0v) is 18.3. The molecule has 0 radical (unpaired) electrons. The topological polar surface area (TPSA) is 114 Å². The lowest BCUT2D eigenvalue weighted by molar-refractivity contribution is -0.131. The van der Waals surface area contributed by atoms with Crippen LogP contribution in [0.2, 0.25) is 0 Å². The van der Waals surface area contributed by atoms with Crippen molar-refractivity contribution in [2.24, 2.45) is 0 Å². The van der Waals surface area contributed by atoms with Crippen molar-refractivity contribution in [1.82, 2.24) is 15.2 Å². The Bertz CT molecular complexity index is 1100. The van der Waals surface area contributed by atoms with Gasteiger partial charge in [0.25, 0.3) is 11.8 Å². The molecule has 2 aliphatic heterocycles. The molecule has 0 bridgehead atoms. The Labute approximate surface area is 186 Å². The molecule has 32 heavy (non-hydrogen) atoms. The highest BCUT2D eigenvalue weighted by Gasteiger charge is 2.28. The molecule has 2 aromatic carbocycles. The highest BCUT2D eigenvalue weighted by molar-refractivity contribution is 7.89. The number of nitrogens with one attached hydrogen (secondary N) is 2. The van der Waals surface area contributed by atoms with E-state index in [1.165, 1.54) is 28.6 Å². The van der Waals surface area contributed by atoms with Gasteiger partial charge in [0.1, 0.15) is 6.61 Å². The number of benzene rings is 2. The smallest absolute Gasteiger partial charge is 0.283 e. The number of rotatable bonds is 4. The third-order valence-corrected chi connectivity index (χ3v) is 7.29. The van der Waals surface area contributed by atoms with Crippen LogP contribution in [0.3, 0.4) is 0 Å². The van der Waals surface area contributed by atoms with Crippen molar-refractivity contribution >= 4 is 21.8 Å². The van der Waals surface area contributed by atoms with Crippen LogP contribution in [-0.2, 0) is 14.8 Å². The maximum Gasteiger partial charge on any atom is 0.283 e. The van der Waals surface area contributed by atoms with Gasteiger partial charge in [-0.25, -0.2) is 8.42 Å². The van der Waals surface area contributed by atoms with Gasteiger partial charge in [0, 0.05) is 18.7 Å². The predicted octanol–water partition coefficient (Wildman–Crippen LogP) is 1.85. The van der Waals surface area contributed by atoms with Crippen molar-refractivity contribution in [3.8, 4) is 11.5 Å². The number of para-hydroxylation sites is 2. The minimum Gasteiger partial charge on any atom is -0.485 e. The van der Waals surface area contributed by atoms with Crippen LogP contribution in [0.25, 0.3) is 0 Å². The van der Waals surface area contributed by atoms with Crippen LogP contribution in [-0.4, -0.2) is 50.3 Å². The molecule has 0 aliphatic carbocycles. The molecule has 2 N–H and O–H groups in total. The fourth-order valence-electron chi connectivity index (χ4n) is 3.65. The number of carbonyl (C=O) groups is 2. The van der Waals surface area contributed by atoms with Gasteiger partial charge in [0.15, 0.2) is 11.5 Å². The van der Waals surface area contributed by atoms with Crippen LogP contribution in [0, 0.1) is 0 Å². The lowest BCUT2D eigenvalue weighted by Gasteiger charge is -2.25. The third-order valence-electron chi connectivity index (χ3n) is 5.40. The third kappa shape index (κ3) is 4.86. The van der Waals surface area contributed by atoms with Crippen molar-refractivity contribution < 1.29 is 27.5 Å². The summed E-state index contributed by atoms with van der Waals surface area (Å²) in [6.45, 7) is 0.949. The maximum atomic E-state index is 13.0. The first kappa shape index (κ1) is 22.1. The SMILES string of the molecule is O=C(NNC(=O)C1COc2ccccc2O1)c1cccc(S(=O)(=O)N2CCCCCC2)c1. The lowest BCUT2D eigenvalue weighted by atomic mass is 10.2. The summed E-state index contributed by atoms with van der Waals surface area (Å²) in [5.74, 6) is -0.232. The number of hydrazine groups is 1. The molecule has 1 atom stereocenters. The molecule has 170 valence electrons. The van der Waals surface area contributed by atoms with Gasteiger partial charge >= 0.3 is 0 Å². The summed E-state index contributed by atoms with van der Waals surface area (Å²) in [7, 11) is -3.69. The van der Waals surface area contributed by atoms with Gasteiger partial charge in [-0.15, -0.1) is 0 Å². The molecule has 2 heterocycles. The molecule has 1 unspecified atom stereocenters. The van der Waals surface area contributed by atoms with E-state index in [-0.39, 0.29) is 17.1 Å². The summed E-state index contributed by atoms with van der Waals surface area (Å²) in [6.07, 6.45) is 2.73. The zero-order valence-electron chi connectivity index (χ0n) is 17.5. The summed E-state index contributed by atoms with van der Waals surface area (Å²) in [5.41, 5.74) is 4.73. The van der Waals surface area contributed by atoms with E-state index in [2.05, 4.69) is 10.9 Å². The number of fused-ring (bicyclic) bond motifs is 1. The second kappa shape index (κ2) is 9.58. The normalized spacial score (nSPS) is 18.9. The van der Waals surface area contributed by atoms with Crippen LogP contribution >= 0.6 is 0 Å². The summed E-state index contributed by atoms with van der Waals surface area (Å²) >= 11 is 0. The number of nitrogens with zero attached hydrogens (tertiary/aromatic N) is 1. The van der Waals surface area contributed by atoms with E-state index >= 15 is 0 Å². The minimum absolute atomic E-state index is 0.00226. The fraction of sp³-hybridized carbons (Fsp3) is 0.364. The van der Waals surface area contributed by atoms with Crippen LogP contribution in [0.15, 0.2) is 53.4 Å². The van der Waals surface area contributed by atoms with E-state index in [1.807, 2.05) is 0 Å². The molecule has 1 saturated heterocycles. The van der Waals surface area contributed by atoms with Crippen molar-refractivity contribution in [2.45, 2.75) is 36.7 Å². The molecule has 10 heteroatoms. The van der Waals surface area contributed by atoms with Gasteiger partial charge in [-0.05, 0) is 43.2 Å². The molecule has 2 aromatic rings. The van der Waals surface area contributed by atoms with Crippen LogP contribution < -0.4 is 20.3 Å². The Morgan fingerprint density at radius 2 is 1.62 bits per heavy atom. The second-order valence-electron chi connectivity index (χ2n) is 7.65. The molecule has 9 nitrogen and oxygen atoms in total. The highest BCUT2D eigenvalue weighted by Crippen LogP contribution is 2.30. The Kier molecular flexibility index (Phi) is 6.61. The van der Waals surface area contributed by atoms with E-state index in [0.29, 0.717) is 24.6 Å². The molecule has 4 rings (SSSR count). The quantitative estimate of drug-likeness (QED) is 0.675. The van der Waals surface area contributed by atoms with Gasteiger partial charge in [-0.2, -0.15) is 4.31 Å². The first-order valence-corrected chi connectivity index (χ1v) is 12.0. The molecular formula is C22H25N3O6S. The van der Waals surface area contributed by atoms with E-state index in [4.69, 9.17) is 9.47 Å². The van der Waals surface area contributed by atoms with Crippen molar-refractivity contribution in [1.29, 1.82) is 0 Å². The molecule has 1 fully saturated rings. The Morgan fingerprint density at radius 3 is 2.38 bits per heavy atom. The van der Waals surface area contributed by atoms with Gasteiger partial charge in [0.2, 0.25) is 16.1 Å². The molecular weight excluding hydrogens is 434 g/mol. The first-order valence-electron chi connectivity index (χ1n) is 10.5. The number of sulfonamides is 1. The summed E-state index contributed by atoms with van der Waals surface area (Å²) in [6, 6.07) is 12.8. The second-order valence-corrected chi connectivity index (χ2v) is 9.59. The van der Waals surface area contributed by atoms with Crippen LogP contribution in [0.5, 0.6) is 11.5 Å². The van der Waals surface area contributed by atoms with Crippen molar-refractivity contribution in [3.05, 3.63) is 54.1 Å². The summed E-state index contributed by atoms with van der Waals surface area (Å²) < 4.78 is 38.5. The van der Waals surface area contributed by atoms with Gasteiger partial charge < -0.3 is 9.47 Å². The van der Waals surface area contributed by atoms with E-state index in [1.54, 1.807) is 24.3 Å². The average molecular weight is 460 g/mol.